The molecule has 0 spiro atoms. The largest absolute Gasteiger partial charge is 0.480 e. The maximum absolute atomic E-state index is 10.8. The Balaban J connectivity index is 2.43. The predicted octanol–water partition coefficient (Wildman–Crippen LogP) is 0.637. The summed E-state index contributed by atoms with van der Waals surface area (Å²) < 4.78 is 10.3. The van der Waals surface area contributed by atoms with Gasteiger partial charge in [-0.05, 0) is 11.6 Å². The van der Waals surface area contributed by atoms with Crippen molar-refractivity contribution >= 4 is 5.97 Å². The van der Waals surface area contributed by atoms with E-state index in [0.29, 0.717) is 17.9 Å². The molecule has 1 aromatic rings. The SMILES string of the molecule is NC(C(=O)O)c1cccc2c1COCO2. The van der Waals surface area contributed by atoms with E-state index in [2.05, 4.69) is 0 Å². The van der Waals surface area contributed by atoms with E-state index in [1.807, 2.05) is 0 Å². The summed E-state index contributed by atoms with van der Waals surface area (Å²) in [5.41, 5.74) is 6.81. The second kappa shape index (κ2) is 3.88. The van der Waals surface area contributed by atoms with Crippen LogP contribution in [0.25, 0.3) is 0 Å². The highest BCUT2D eigenvalue weighted by Crippen LogP contribution is 2.29. The first-order valence-electron chi connectivity index (χ1n) is 4.51. The Hall–Kier alpha value is -1.59. The minimum absolute atomic E-state index is 0.193. The molecule has 0 fully saturated rings. The van der Waals surface area contributed by atoms with E-state index in [-0.39, 0.29) is 6.79 Å². The van der Waals surface area contributed by atoms with Gasteiger partial charge in [-0.1, -0.05) is 12.1 Å². The first-order valence-corrected chi connectivity index (χ1v) is 4.51. The molecule has 0 amide bonds. The Bertz CT molecular complexity index is 391. The van der Waals surface area contributed by atoms with Crippen molar-refractivity contribution in [2.24, 2.45) is 5.73 Å². The highest BCUT2D eigenvalue weighted by molar-refractivity contribution is 5.76. The number of hydrogen-bond acceptors (Lipinski definition) is 4. The summed E-state index contributed by atoms with van der Waals surface area (Å²) in [5.74, 6) is -0.413. The van der Waals surface area contributed by atoms with Crippen LogP contribution in [0.5, 0.6) is 5.75 Å². The molecule has 0 aliphatic carbocycles. The fourth-order valence-electron chi connectivity index (χ4n) is 1.55. The number of fused-ring (bicyclic) bond motifs is 1. The number of nitrogens with two attached hydrogens (primary N) is 1. The van der Waals surface area contributed by atoms with Crippen LogP contribution < -0.4 is 10.5 Å². The van der Waals surface area contributed by atoms with E-state index in [1.54, 1.807) is 18.2 Å². The van der Waals surface area contributed by atoms with Crippen LogP contribution in [-0.4, -0.2) is 17.9 Å². The Kier molecular flexibility index (Phi) is 2.57. The molecule has 5 nitrogen and oxygen atoms in total. The van der Waals surface area contributed by atoms with Gasteiger partial charge in [-0.25, -0.2) is 0 Å². The second-order valence-electron chi connectivity index (χ2n) is 3.25. The molecule has 3 N–H and O–H groups in total. The summed E-state index contributed by atoms with van der Waals surface area (Å²) in [5, 5.41) is 8.83. The molecule has 1 aromatic carbocycles. The van der Waals surface area contributed by atoms with Crippen molar-refractivity contribution in [2.75, 3.05) is 6.79 Å². The highest BCUT2D eigenvalue weighted by atomic mass is 16.7. The fraction of sp³-hybridized carbons (Fsp3) is 0.300. The summed E-state index contributed by atoms with van der Waals surface area (Å²) in [6.07, 6.45) is 0. The third kappa shape index (κ3) is 1.79. The van der Waals surface area contributed by atoms with Gasteiger partial charge in [-0.3, -0.25) is 4.79 Å². The van der Waals surface area contributed by atoms with Crippen LogP contribution in [0.15, 0.2) is 18.2 Å². The first-order chi connectivity index (χ1) is 7.20. The molecule has 1 unspecified atom stereocenters. The van der Waals surface area contributed by atoms with Gasteiger partial charge in [0.25, 0.3) is 0 Å². The van der Waals surface area contributed by atoms with Crippen molar-refractivity contribution in [3.8, 4) is 5.75 Å². The molecule has 15 heavy (non-hydrogen) atoms. The molecule has 80 valence electrons. The summed E-state index contributed by atoms with van der Waals surface area (Å²) >= 11 is 0. The molecule has 1 heterocycles. The molecule has 0 radical (unpaired) electrons. The minimum Gasteiger partial charge on any atom is -0.480 e. The fourth-order valence-corrected chi connectivity index (χ4v) is 1.55. The highest BCUT2D eigenvalue weighted by Gasteiger charge is 2.22. The lowest BCUT2D eigenvalue weighted by atomic mass is 10.0. The van der Waals surface area contributed by atoms with E-state index in [4.69, 9.17) is 20.3 Å². The summed E-state index contributed by atoms with van der Waals surface area (Å²) in [7, 11) is 0. The Morgan fingerprint density at radius 1 is 1.53 bits per heavy atom. The number of ether oxygens (including phenoxy) is 2. The van der Waals surface area contributed by atoms with Crippen molar-refractivity contribution in [3.05, 3.63) is 29.3 Å². The zero-order chi connectivity index (χ0) is 10.8. The van der Waals surface area contributed by atoms with Gasteiger partial charge < -0.3 is 20.3 Å². The predicted molar refractivity (Wildman–Crippen MR) is 51.3 cm³/mol. The average molecular weight is 209 g/mol. The molecule has 5 heteroatoms. The number of hydrogen-bond donors (Lipinski definition) is 2. The van der Waals surface area contributed by atoms with Crippen LogP contribution in [0.1, 0.15) is 17.2 Å². The van der Waals surface area contributed by atoms with E-state index >= 15 is 0 Å². The molecular formula is C10H11NO4. The first kappa shape index (κ1) is 9.95. The number of aliphatic carboxylic acids is 1. The Morgan fingerprint density at radius 2 is 2.33 bits per heavy atom. The summed E-state index contributed by atoms with van der Waals surface area (Å²) in [4.78, 5) is 10.8. The molecule has 1 atom stereocenters. The van der Waals surface area contributed by atoms with Crippen LogP contribution in [-0.2, 0) is 16.1 Å². The molecule has 0 saturated carbocycles. The zero-order valence-corrected chi connectivity index (χ0v) is 7.97. The van der Waals surface area contributed by atoms with E-state index in [1.165, 1.54) is 0 Å². The molecule has 0 bridgehead atoms. The van der Waals surface area contributed by atoms with E-state index in [0.717, 1.165) is 5.56 Å². The number of rotatable bonds is 2. The van der Waals surface area contributed by atoms with Crippen LogP contribution in [0.2, 0.25) is 0 Å². The Labute approximate surface area is 86.4 Å². The van der Waals surface area contributed by atoms with Crippen molar-refractivity contribution in [2.45, 2.75) is 12.6 Å². The van der Waals surface area contributed by atoms with Crippen molar-refractivity contribution < 1.29 is 19.4 Å². The zero-order valence-electron chi connectivity index (χ0n) is 7.97. The average Bonchev–Trinajstić information content (AvgIpc) is 2.27. The van der Waals surface area contributed by atoms with Gasteiger partial charge >= 0.3 is 5.97 Å². The number of carboxylic acid groups (broad SMARTS) is 1. The lowest BCUT2D eigenvalue weighted by Crippen LogP contribution is -2.24. The number of carboxylic acids is 1. The van der Waals surface area contributed by atoms with Crippen molar-refractivity contribution in [3.63, 3.8) is 0 Å². The number of carbonyl (C=O) groups is 1. The third-order valence-electron chi connectivity index (χ3n) is 2.31. The van der Waals surface area contributed by atoms with Gasteiger partial charge in [0.15, 0.2) is 6.79 Å². The third-order valence-corrected chi connectivity index (χ3v) is 2.31. The molecule has 1 aliphatic rings. The molecule has 1 aliphatic heterocycles. The molecule has 2 rings (SSSR count). The van der Waals surface area contributed by atoms with E-state index < -0.39 is 12.0 Å². The number of benzene rings is 1. The second-order valence-corrected chi connectivity index (χ2v) is 3.25. The Morgan fingerprint density at radius 3 is 3.07 bits per heavy atom. The van der Waals surface area contributed by atoms with Crippen LogP contribution >= 0.6 is 0 Å². The maximum Gasteiger partial charge on any atom is 0.325 e. The van der Waals surface area contributed by atoms with Gasteiger partial charge in [0.2, 0.25) is 0 Å². The standard InChI is InChI=1S/C10H11NO4/c11-9(10(12)13)6-2-1-3-8-7(6)4-14-5-15-8/h1-3,9H,4-5,11H2,(H,12,13). The van der Waals surface area contributed by atoms with Crippen LogP contribution in [0, 0.1) is 0 Å². The van der Waals surface area contributed by atoms with Crippen molar-refractivity contribution in [1.29, 1.82) is 0 Å². The topological polar surface area (TPSA) is 81.8 Å². The van der Waals surface area contributed by atoms with Crippen LogP contribution in [0.3, 0.4) is 0 Å². The van der Waals surface area contributed by atoms with Gasteiger partial charge in [0, 0.05) is 5.56 Å². The van der Waals surface area contributed by atoms with Gasteiger partial charge in [0.1, 0.15) is 11.8 Å². The minimum atomic E-state index is -1.06. The van der Waals surface area contributed by atoms with Crippen molar-refractivity contribution in [1.82, 2.24) is 0 Å². The quantitative estimate of drug-likeness (QED) is 0.746. The normalized spacial score (nSPS) is 16.3. The monoisotopic (exact) mass is 209 g/mol. The van der Waals surface area contributed by atoms with Crippen LogP contribution in [0.4, 0.5) is 0 Å². The van der Waals surface area contributed by atoms with E-state index in [9.17, 15) is 4.79 Å². The summed E-state index contributed by atoms with van der Waals surface area (Å²) in [6.45, 7) is 0.533. The smallest absolute Gasteiger partial charge is 0.325 e. The maximum atomic E-state index is 10.8. The van der Waals surface area contributed by atoms with Gasteiger partial charge in [-0.15, -0.1) is 0 Å². The summed E-state index contributed by atoms with van der Waals surface area (Å²) in [6, 6.07) is 4.14. The molecule has 0 aromatic heterocycles. The molecule has 0 saturated heterocycles. The lowest BCUT2D eigenvalue weighted by molar-refractivity contribution is -0.138. The molecular weight excluding hydrogens is 198 g/mol. The van der Waals surface area contributed by atoms with Gasteiger partial charge in [0.05, 0.1) is 6.61 Å². The lowest BCUT2D eigenvalue weighted by Gasteiger charge is -2.21. The van der Waals surface area contributed by atoms with Gasteiger partial charge in [-0.2, -0.15) is 0 Å².